The molecule has 1 unspecified atom stereocenters. The van der Waals surface area contributed by atoms with Gasteiger partial charge >= 0.3 is 0 Å². The summed E-state index contributed by atoms with van der Waals surface area (Å²) in [5.41, 5.74) is 1.35. The Balaban J connectivity index is 2.06. The lowest BCUT2D eigenvalue weighted by Gasteiger charge is -2.24. The molecule has 0 N–H and O–H groups in total. The van der Waals surface area contributed by atoms with E-state index in [4.69, 9.17) is 4.74 Å². The number of carbonyl (C=O) groups excluding carboxylic acids is 1. The predicted octanol–water partition coefficient (Wildman–Crippen LogP) is 1.56. The Morgan fingerprint density at radius 1 is 1.67 bits per heavy atom. The molecule has 1 heterocycles. The summed E-state index contributed by atoms with van der Waals surface area (Å²) in [7, 11) is 0. The van der Waals surface area contributed by atoms with Crippen molar-refractivity contribution in [3.8, 4) is 0 Å². The number of rotatable bonds is 2. The molecule has 1 saturated heterocycles. The molecule has 12 heavy (non-hydrogen) atoms. The van der Waals surface area contributed by atoms with E-state index in [1.807, 2.05) is 0 Å². The highest BCUT2D eigenvalue weighted by Gasteiger charge is 2.38. The average molecular weight is 166 g/mol. The third-order valence-corrected chi connectivity index (χ3v) is 2.86. The van der Waals surface area contributed by atoms with E-state index in [1.54, 1.807) is 0 Å². The minimum Gasteiger partial charge on any atom is -0.373 e. The van der Waals surface area contributed by atoms with E-state index < -0.39 is 0 Å². The zero-order valence-electron chi connectivity index (χ0n) is 7.32. The largest absolute Gasteiger partial charge is 0.373 e. The lowest BCUT2D eigenvalue weighted by molar-refractivity contribution is -0.112. The van der Waals surface area contributed by atoms with Crippen LogP contribution in [0.1, 0.15) is 19.8 Å². The van der Waals surface area contributed by atoms with Gasteiger partial charge in [0.15, 0.2) is 0 Å². The Morgan fingerprint density at radius 2 is 2.42 bits per heavy atom. The fourth-order valence-corrected chi connectivity index (χ4v) is 2.00. The first-order valence-corrected chi connectivity index (χ1v) is 4.54. The molecule has 2 rings (SSSR count). The zero-order chi connectivity index (χ0) is 8.55. The Bertz CT molecular complexity index is 216. The molecule has 0 spiro atoms. The Kier molecular flexibility index (Phi) is 2.01. The van der Waals surface area contributed by atoms with Crippen LogP contribution < -0.4 is 0 Å². The van der Waals surface area contributed by atoms with Crippen LogP contribution in [-0.4, -0.2) is 19.0 Å². The number of allylic oxidation sites excluding steroid dienone is 2. The van der Waals surface area contributed by atoms with Crippen LogP contribution in [0.15, 0.2) is 11.6 Å². The van der Waals surface area contributed by atoms with Crippen LogP contribution in [-0.2, 0) is 9.53 Å². The van der Waals surface area contributed by atoms with Gasteiger partial charge in [-0.05, 0) is 19.8 Å². The quantitative estimate of drug-likeness (QED) is 0.354. The van der Waals surface area contributed by atoms with E-state index in [2.05, 4.69) is 13.0 Å². The SMILES string of the molecule is CC1=CC[C@@H](C2CO2)[C@H](C=O)C1. The van der Waals surface area contributed by atoms with Crippen LogP contribution in [0.5, 0.6) is 0 Å². The van der Waals surface area contributed by atoms with Gasteiger partial charge in [-0.3, -0.25) is 0 Å². The Hall–Kier alpha value is -0.630. The normalized spacial score (nSPS) is 40.4. The molecule has 3 atom stereocenters. The fraction of sp³-hybridized carbons (Fsp3) is 0.700. The molecule has 0 aromatic heterocycles. The van der Waals surface area contributed by atoms with Crippen molar-refractivity contribution in [2.75, 3.05) is 6.61 Å². The van der Waals surface area contributed by atoms with Crippen LogP contribution in [0.25, 0.3) is 0 Å². The monoisotopic (exact) mass is 166 g/mol. The standard InChI is InChI=1S/C10H14O2/c1-7-2-3-9(10-6-12-10)8(4-7)5-11/h2,5,8-10H,3-4,6H2,1H3/t8-,9+,10?/m0/s1. The number of epoxide rings is 1. The van der Waals surface area contributed by atoms with Gasteiger partial charge in [0.25, 0.3) is 0 Å². The maximum Gasteiger partial charge on any atom is 0.123 e. The third kappa shape index (κ3) is 1.44. The molecule has 0 amide bonds. The van der Waals surface area contributed by atoms with E-state index in [9.17, 15) is 4.79 Å². The fourth-order valence-electron chi connectivity index (χ4n) is 2.00. The minimum absolute atomic E-state index is 0.211. The van der Waals surface area contributed by atoms with Gasteiger partial charge in [-0.25, -0.2) is 0 Å². The van der Waals surface area contributed by atoms with Gasteiger partial charge in [-0.2, -0.15) is 0 Å². The van der Waals surface area contributed by atoms with E-state index in [0.717, 1.165) is 25.7 Å². The van der Waals surface area contributed by atoms with Crippen LogP contribution in [0.2, 0.25) is 0 Å². The molecular weight excluding hydrogens is 152 g/mol. The number of hydrogen-bond donors (Lipinski definition) is 0. The van der Waals surface area contributed by atoms with Crippen molar-refractivity contribution in [1.29, 1.82) is 0 Å². The van der Waals surface area contributed by atoms with Gasteiger partial charge in [0.1, 0.15) is 6.29 Å². The van der Waals surface area contributed by atoms with Gasteiger partial charge in [-0.1, -0.05) is 11.6 Å². The van der Waals surface area contributed by atoms with Crippen molar-refractivity contribution < 1.29 is 9.53 Å². The highest BCUT2D eigenvalue weighted by atomic mass is 16.6. The van der Waals surface area contributed by atoms with Crippen molar-refractivity contribution in [2.45, 2.75) is 25.9 Å². The van der Waals surface area contributed by atoms with Crippen LogP contribution in [0.3, 0.4) is 0 Å². The molecule has 0 saturated carbocycles. The van der Waals surface area contributed by atoms with Crippen LogP contribution >= 0.6 is 0 Å². The van der Waals surface area contributed by atoms with Crippen molar-refractivity contribution in [1.82, 2.24) is 0 Å². The lowest BCUT2D eigenvalue weighted by Crippen LogP contribution is -2.24. The zero-order valence-corrected chi connectivity index (χ0v) is 7.32. The number of carbonyl (C=O) groups is 1. The topological polar surface area (TPSA) is 29.6 Å². The van der Waals surface area contributed by atoms with Gasteiger partial charge in [0, 0.05) is 11.8 Å². The molecule has 0 aromatic rings. The molecule has 1 fully saturated rings. The summed E-state index contributed by atoms with van der Waals surface area (Å²) in [6.07, 6.45) is 5.69. The summed E-state index contributed by atoms with van der Waals surface area (Å²) in [5.74, 6) is 0.675. The molecule has 1 aliphatic carbocycles. The highest BCUT2D eigenvalue weighted by Crippen LogP contribution is 2.36. The minimum atomic E-state index is 0.211. The van der Waals surface area contributed by atoms with Crippen molar-refractivity contribution in [3.63, 3.8) is 0 Å². The molecule has 66 valence electrons. The van der Waals surface area contributed by atoms with Gasteiger partial charge in [0.2, 0.25) is 0 Å². The summed E-state index contributed by atoms with van der Waals surface area (Å²) in [6.45, 7) is 2.96. The molecule has 0 bridgehead atoms. The van der Waals surface area contributed by atoms with Crippen molar-refractivity contribution >= 4 is 6.29 Å². The first-order valence-electron chi connectivity index (χ1n) is 4.54. The average Bonchev–Trinajstić information content (AvgIpc) is 2.87. The summed E-state index contributed by atoms with van der Waals surface area (Å²) in [4.78, 5) is 10.8. The molecular formula is C10H14O2. The van der Waals surface area contributed by atoms with Gasteiger partial charge < -0.3 is 9.53 Å². The Labute approximate surface area is 72.6 Å². The van der Waals surface area contributed by atoms with E-state index in [-0.39, 0.29) is 5.92 Å². The lowest BCUT2D eigenvalue weighted by atomic mass is 9.79. The van der Waals surface area contributed by atoms with Crippen LogP contribution in [0.4, 0.5) is 0 Å². The first-order chi connectivity index (χ1) is 5.81. The van der Waals surface area contributed by atoms with Gasteiger partial charge in [0.05, 0.1) is 12.7 Å². The Morgan fingerprint density at radius 3 is 3.00 bits per heavy atom. The number of aldehydes is 1. The van der Waals surface area contributed by atoms with Crippen molar-refractivity contribution in [3.05, 3.63) is 11.6 Å². The van der Waals surface area contributed by atoms with E-state index in [1.165, 1.54) is 5.57 Å². The highest BCUT2D eigenvalue weighted by molar-refractivity contribution is 5.55. The molecule has 0 radical (unpaired) electrons. The predicted molar refractivity (Wildman–Crippen MR) is 45.8 cm³/mol. The third-order valence-electron chi connectivity index (χ3n) is 2.86. The maximum atomic E-state index is 10.8. The molecule has 2 aliphatic rings. The van der Waals surface area contributed by atoms with E-state index in [0.29, 0.717) is 12.0 Å². The van der Waals surface area contributed by atoms with Gasteiger partial charge in [-0.15, -0.1) is 0 Å². The summed E-state index contributed by atoms with van der Waals surface area (Å²) in [6, 6.07) is 0. The summed E-state index contributed by atoms with van der Waals surface area (Å²) >= 11 is 0. The second-order valence-corrected chi connectivity index (χ2v) is 3.83. The van der Waals surface area contributed by atoms with Crippen LogP contribution in [0, 0.1) is 11.8 Å². The molecule has 0 aromatic carbocycles. The van der Waals surface area contributed by atoms with E-state index >= 15 is 0 Å². The number of ether oxygens (including phenoxy) is 1. The molecule has 2 heteroatoms. The first kappa shape index (κ1) is 7.99. The molecule has 2 nitrogen and oxygen atoms in total. The maximum absolute atomic E-state index is 10.8. The number of hydrogen-bond acceptors (Lipinski definition) is 2. The smallest absolute Gasteiger partial charge is 0.123 e. The molecule has 1 aliphatic heterocycles. The van der Waals surface area contributed by atoms with Crippen molar-refractivity contribution in [2.24, 2.45) is 11.8 Å². The second kappa shape index (κ2) is 3.02. The summed E-state index contributed by atoms with van der Waals surface area (Å²) < 4.78 is 5.23. The summed E-state index contributed by atoms with van der Waals surface area (Å²) in [5, 5.41) is 0. The second-order valence-electron chi connectivity index (χ2n) is 3.83.